The average molecular weight is 598 g/mol. The minimum absolute atomic E-state index is 0.0123. The number of sulfonamides is 1. The molecule has 216 valence electrons. The number of imidazole rings is 1. The summed E-state index contributed by atoms with van der Waals surface area (Å²) in [5.41, 5.74) is 4.98. The van der Waals surface area contributed by atoms with Gasteiger partial charge in [0.05, 0.1) is 47.2 Å². The molecule has 6 rings (SSSR count). The highest BCUT2D eigenvalue weighted by Gasteiger charge is 2.38. The van der Waals surface area contributed by atoms with Gasteiger partial charge in [0.25, 0.3) is 0 Å². The largest absolute Gasteiger partial charge is 0.495 e. The molecule has 0 radical (unpaired) electrons. The first-order chi connectivity index (χ1) is 19.6. The van der Waals surface area contributed by atoms with E-state index in [0.29, 0.717) is 48.8 Å². The molecule has 0 bridgehead atoms. The number of hydrogen-bond donors (Lipinski definition) is 0. The maximum atomic E-state index is 13.5. The molecule has 10 nitrogen and oxygen atoms in total. The van der Waals surface area contributed by atoms with Crippen LogP contribution in [0.15, 0.2) is 40.9 Å². The maximum Gasteiger partial charge on any atom is 0.227 e. The summed E-state index contributed by atoms with van der Waals surface area (Å²) in [6, 6.07) is 10.9. The van der Waals surface area contributed by atoms with Crippen molar-refractivity contribution in [3.63, 3.8) is 0 Å². The molecule has 2 atom stereocenters. The number of carbonyl (C=O) groups excluding carboxylic acids is 1. The monoisotopic (exact) mass is 597 g/mol. The second-order valence-corrected chi connectivity index (χ2v) is 13.2. The number of ether oxygens (including phenoxy) is 1. The highest BCUT2D eigenvalue weighted by molar-refractivity contribution is 7.88. The fourth-order valence-corrected chi connectivity index (χ4v) is 7.38. The van der Waals surface area contributed by atoms with E-state index in [2.05, 4.69) is 9.72 Å². The lowest BCUT2D eigenvalue weighted by atomic mass is 9.99. The number of halogens is 1. The Morgan fingerprint density at radius 1 is 1.12 bits per heavy atom. The van der Waals surface area contributed by atoms with Crippen molar-refractivity contribution in [2.75, 3.05) is 31.4 Å². The Kier molecular flexibility index (Phi) is 7.07. The number of aromatic nitrogens is 3. The first-order valence-corrected chi connectivity index (χ1v) is 15.8. The molecule has 4 aromatic rings. The van der Waals surface area contributed by atoms with Gasteiger partial charge in [-0.3, -0.25) is 4.79 Å². The van der Waals surface area contributed by atoms with E-state index in [4.69, 9.17) is 25.8 Å². The fraction of sp³-hybridized carbons (Fsp3) is 0.414. The Labute approximate surface area is 243 Å². The van der Waals surface area contributed by atoms with E-state index in [1.54, 1.807) is 24.1 Å². The van der Waals surface area contributed by atoms with Crippen molar-refractivity contribution in [2.45, 2.75) is 51.6 Å². The number of nitrogens with zero attached hydrogens (tertiary/aromatic N) is 5. The lowest BCUT2D eigenvalue weighted by Gasteiger charge is -2.36. The second kappa shape index (κ2) is 10.5. The summed E-state index contributed by atoms with van der Waals surface area (Å²) in [4.78, 5) is 20.4. The average Bonchev–Trinajstić information content (AvgIpc) is 3.64. The third-order valence-corrected chi connectivity index (χ3v) is 9.72. The highest BCUT2D eigenvalue weighted by Crippen LogP contribution is 2.42. The highest BCUT2D eigenvalue weighted by atomic mass is 35.5. The smallest absolute Gasteiger partial charge is 0.227 e. The molecule has 2 aromatic carbocycles. The van der Waals surface area contributed by atoms with E-state index in [1.807, 2.05) is 38.1 Å². The number of rotatable bonds is 6. The standard InChI is InChI=1S/C29H32ClN5O5S/c1-17-28(18(2)40-32-17)19-8-10-24-23(14-19)31-29(35(24)21-12-13-33(16-21)41(4,37)38)25-6-5-7-27(36)34(25)20-9-11-26(39-3)22(30)15-20/h8-11,14-15,21,25H,5-7,12-13,16H2,1-4H3. The van der Waals surface area contributed by atoms with Gasteiger partial charge in [-0.15, -0.1) is 0 Å². The molecule has 0 N–H and O–H groups in total. The van der Waals surface area contributed by atoms with Crippen LogP contribution in [0.2, 0.25) is 5.02 Å². The third kappa shape index (κ3) is 4.89. The molecule has 12 heteroatoms. The summed E-state index contributed by atoms with van der Waals surface area (Å²) in [6.45, 7) is 4.57. The number of benzene rings is 2. The van der Waals surface area contributed by atoms with Gasteiger partial charge in [0.2, 0.25) is 15.9 Å². The Bertz CT molecular complexity index is 1750. The minimum Gasteiger partial charge on any atom is -0.495 e. The number of anilines is 1. The summed E-state index contributed by atoms with van der Waals surface area (Å²) in [5.74, 6) is 1.97. The molecule has 2 fully saturated rings. The fourth-order valence-electron chi connectivity index (χ4n) is 6.25. The number of aryl methyl sites for hydroxylation is 2. The van der Waals surface area contributed by atoms with E-state index in [0.717, 1.165) is 45.9 Å². The van der Waals surface area contributed by atoms with Gasteiger partial charge in [-0.1, -0.05) is 22.8 Å². The maximum absolute atomic E-state index is 13.5. The Hall–Kier alpha value is -3.41. The second-order valence-electron chi connectivity index (χ2n) is 10.8. The van der Waals surface area contributed by atoms with Gasteiger partial charge in [0.1, 0.15) is 17.3 Å². The van der Waals surface area contributed by atoms with Crippen molar-refractivity contribution in [2.24, 2.45) is 0 Å². The summed E-state index contributed by atoms with van der Waals surface area (Å²) in [6.07, 6.45) is 3.73. The van der Waals surface area contributed by atoms with Crippen LogP contribution in [0.25, 0.3) is 22.2 Å². The molecule has 2 aliphatic heterocycles. The molecule has 2 unspecified atom stereocenters. The summed E-state index contributed by atoms with van der Waals surface area (Å²) >= 11 is 6.48. The van der Waals surface area contributed by atoms with E-state index in [-0.39, 0.29) is 18.0 Å². The predicted molar refractivity (Wildman–Crippen MR) is 157 cm³/mol. The van der Waals surface area contributed by atoms with E-state index in [9.17, 15) is 13.2 Å². The Morgan fingerprint density at radius 3 is 2.59 bits per heavy atom. The third-order valence-electron chi connectivity index (χ3n) is 8.16. The van der Waals surface area contributed by atoms with E-state index >= 15 is 0 Å². The molecule has 1 amide bonds. The molecular formula is C29H32ClN5O5S. The first-order valence-electron chi connectivity index (χ1n) is 13.6. The summed E-state index contributed by atoms with van der Waals surface area (Å²) in [7, 11) is -1.79. The van der Waals surface area contributed by atoms with Crippen molar-refractivity contribution >= 4 is 44.3 Å². The Balaban J connectivity index is 1.52. The zero-order valence-electron chi connectivity index (χ0n) is 23.4. The Morgan fingerprint density at radius 2 is 1.93 bits per heavy atom. The number of methoxy groups -OCH3 is 1. The van der Waals surface area contributed by atoms with Crippen LogP contribution < -0.4 is 9.64 Å². The topological polar surface area (TPSA) is 111 Å². The van der Waals surface area contributed by atoms with Crippen LogP contribution in [-0.2, 0) is 14.8 Å². The van der Waals surface area contributed by atoms with Crippen LogP contribution in [0.4, 0.5) is 5.69 Å². The van der Waals surface area contributed by atoms with E-state index in [1.165, 1.54) is 10.6 Å². The van der Waals surface area contributed by atoms with Gasteiger partial charge in [-0.05, 0) is 69.0 Å². The molecule has 0 spiro atoms. The lowest BCUT2D eigenvalue weighted by Crippen LogP contribution is -2.40. The predicted octanol–water partition coefficient (Wildman–Crippen LogP) is 5.43. The number of amides is 1. The molecular weight excluding hydrogens is 566 g/mol. The van der Waals surface area contributed by atoms with Crippen molar-refractivity contribution < 1.29 is 22.5 Å². The van der Waals surface area contributed by atoms with Gasteiger partial charge in [0.15, 0.2) is 0 Å². The number of hydrogen-bond acceptors (Lipinski definition) is 7. The summed E-state index contributed by atoms with van der Waals surface area (Å²) in [5, 5.41) is 4.52. The van der Waals surface area contributed by atoms with Gasteiger partial charge >= 0.3 is 0 Å². The van der Waals surface area contributed by atoms with Gasteiger partial charge in [0, 0.05) is 30.8 Å². The van der Waals surface area contributed by atoms with Crippen molar-refractivity contribution in [3.8, 4) is 16.9 Å². The number of piperidine rings is 1. The lowest BCUT2D eigenvalue weighted by molar-refractivity contribution is -0.120. The molecule has 0 aliphatic carbocycles. The molecule has 2 aromatic heterocycles. The van der Waals surface area contributed by atoms with Crippen LogP contribution in [0.3, 0.4) is 0 Å². The van der Waals surface area contributed by atoms with Gasteiger partial charge in [-0.2, -0.15) is 0 Å². The summed E-state index contributed by atoms with van der Waals surface area (Å²) < 4.78 is 39.2. The minimum atomic E-state index is -3.35. The van der Waals surface area contributed by atoms with Gasteiger partial charge in [-0.25, -0.2) is 17.7 Å². The van der Waals surface area contributed by atoms with Crippen molar-refractivity contribution in [1.29, 1.82) is 0 Å². The van der Waals surface area contributed by atoms with Crippen molar-refractivity contribution in [3.05, 3.63) is 58.7 Å². The molecule has 4 heterocycles. The number of fused-ring (bicyclic) bond motifs is 1. The molecule has 41 heavy (non-hydrogen) atoms. The normalized spacial score (nSPS) is 20.3. The zero-order chi connectivity index (χ0) is 29.1. The van der Waals surface area contributed by atoms with E-state index < -0.39 is 10.0 Å². The van der Waals surface area contributed by atoms with Crippen LogP contribution >= 0.6 is 11.6 Å². The number of carbonyl (C=O) groups is 1. The van der Waals surface area contributed by atoms with Crippen LogP contribution in [-0.4, -0.2) is 59.8 Å². The first kappa shape index (κ1) is 27.7. The van der Waals surface area contributed by atoms with Crippen LogP contribution in [0.5, 0.6) is 5.75 Å². The molecule has 0 saturated carbocycles. The SMILES string of the molecule is COc1ccc(N2C(=O)CCCC2c2nc3cc(-c4c(C)noc4C)ccc3n2C2CCN(S(C)(=O)=O)C2)cc1Cl. The molecule has 2 saturated heterocycles. The van der Waals surface area contributed by atoms with Crippen LogP contribution in [0.1, 0.15) is 55.0 Å². The molecule has 2 aliphatic rings. The van der Waals surface area contributed by atoms with Crippen LogP contribution in [0, 0.1) is 13.8 Å². The van der Waals surface area contributed by atoms with Gasteiger partial charge < -0.3 is 18.7 Å². The zero-order valence-corrected chi connectivity index (χ0v) is 25.0. The quantitative estimate of drug-likeness (QED) is 0.291. The van der Waals surface area contributed by atoms with Crippen molar-refractivity contribution in [1.82, 2.24) is 19.0 Å².